The number of nitrogens with zero attached hydrogens (tertiary/aromatic N) is 2. The van der Waals surface area contributed by atoms with Crippen LogP contribution in [-0.2, 0) is 5.54 Å². The SMILES string of the molecule is CCC(CC)(c1ccc(-c2ccc3cc(O)ccc3c2)cc1)n1ccnc1. The summed E-state index contributed by atoms with van der Waals surface area (Å²) in [6.07, 6.45) is 7.85. The van der Waals surface area contributed by atoms with E-state index in [9.17, 15) is 5.11 Å². The Morgan fingerprint density at radius 1 is 0.852 bits per heavy atom. The van der Waals surface area contributed by atoms with E-state index in [4.69, 9.17) is 0 Å². The fraction of sp³-hybridized carbons (Fsp3) is 0.208. The predicted octanol–water partition coefficient (Wildman–Crippen LogP) is 5.97. The third-order valence-corrected chi connectivity index (χ3v) is 5.75. The summed E-state index contributed by atoms with van der Waals surface area (Å²) < 4.78 is 2.23. The Morgan fingerprint density at radius 3 is 2.19 bits per heavy atom. The van der Waals surface area contributed by atoms with Crippen molar-refractivity contribution in [2.45, 2.75) is 32.2 Å². The third kappa shape index (κ3) is 2.99. The summed E-state index contributed by atoms with van der Waals surface area (Å²) in [6.45, 7) is 4.46. The van der Waals surface area contributed by atoms with Crippen molar-refractivity contribution in [3.05, 3.63) is 84.9 Å². The van der Waals surface area contributed by atoms with Crippen LogP contribution in [0.5, 0.6) is 5.75 Å². The number of aromatic nitrogens is 2. The number of hydrogen-bond donors (Lipinski definition) is 1. The Labute approximate surface area is 159 Å². The zero-order valence-corrected chi connectivity index (χ0v) is 15.8. The summed E-state index contributed by atoms with van der Waals surface area (Å²) in [6, 6.07) is 20.7. The first-order valence-corrected chi connectivity index (χ1v) is 9.48. The van der Waals surface area contributed by atoms with Gasteiger partial charge in [-0.3, -0.25) is 0 Å². The molecule has 0 radical (unpaired) electrons. The Bertz CT molecular complexity index is 1050. The van der Waals surface area contributed by atoms with E-state index < -0.39 is 0 Å². The van der Waals surface area contributed by atoms with Crippen LogP contribution in [0.25, 0.3) is 21.9 Å². The molecule has 1 aromatic heterocycles. The van der Waals surface area contributed by atoms with Gasteiger partial charge in [-0.15, -0.1) is 0 Å². The lowest BCUT2D eigenvalue weighted by Gasteiger charge is -2.34. The van der Waals surface area contributed by atoms with Gasteiger partial charge in [-0.1, -0.05) is 56.3 Å². The molecular formula is C24H24N2O. The largest absolute Gasteiger partial charge is 0.508 e. The lowest BCUT2D eigenvalue weighted by Crippen LogP contribution is -2.32. The molecule has 4 rings (SSSR count). The van der Waals surface area contributed by atoms with Gasteiger partial charge in [0.1, 0.15) is 5.75 Å². The van der Waals surface area contributed by atoms with Crippen molar-refractivity contribution in [3.63, 3.8) is 0 Å². The molecule has 0 saturated carbocycles. The summed E-state index contributed by atoms with van der Waals surface area (Å²) in [5.41, 5.74) is 3.62. The highest BCUT2D eigenvalue weighted by molar-refractivity contribution is 5.88. The maximum Gasteiger partial charge on any atom is 0.116 e. The van der Waals surface area contributed by atoms with E-state index in [-0.39, 0.29) is 5.54 Å². The Kier molecular flexibility index (Phi) is 4.44. The van der Waals surface area contributed by atoms with Crippen LogP contribution >= 0.6 is 0 Å². The molecule has 27 heavy (non-hydrogen) atoms. The van der Waals surface area contributed by atoms with Gasteiger partial charge in [-0.25, -0.2) is 4.98 Å². The van der Waals surface area contributed by atoms with Crippen LogP contribution in [0.3, 0.4) is 0 Å². The number of phenols is 1. The average Bonchev–Trinajstić information content (AvgIpc) is 3.25. The van der Waals surface area contributed by atoms with E-state index >= 15 is 0 Å². The molecule has 3 aromatic carbocycles. The van der Waals surface area contributed by atoms with Crippen LogP contribution in [0.4, 0.5) is 0 Å². The monoisotopic (exact) mass is 356 g/mol. The number of imidazole rings is 1. The maximum atomic E-state index is 9.64. The molecular weight excluding hydrogens is 332 g/mol. The molecule has 0 aliphatic heterocycles. The molecule has 3 heteroatoms. The second-order valence-electron chi connectivity index (χ2n) is 7.03. The van der Waals surface area contributed by atoms with Crippen LogP contribution in [0.1, 0.15) is 32.3 Å². The smallest absolute Gasteiger partial charge is 0.116 e. The normalized spacial score (nSPS) is 11.8. The van der Waals surface area contributed by atoms with Crippen LogP contribution < -0.4 is 0 Å². The van der Waals surface area contributed by atoms with Gasteiger partial charge in [-0.05, 0) is 58.5 Å². The molecule has 0 unspecified atom stereocenters. The van der Waals surface area contributed by atoms with Crippen molar-refractivity contribution in [3.8, 4) is 16.9 Å². The Balaban J connectivity index is 1.72. The molecule has 1 heterocycles. The molecule has 0 saturated heterocycles. The van der Waals surface area contributed by atoms with Crippen LogP contribution in [0.2, 0.25) is 0 Å². The zero-order chi connectivity index (χ0) is 18.9. The van der Waals surface area contributed by atoms with Gasteiger partial charge >= 0.3 is 0 Å². The van der Waals surface area contributed by atoms with Crippen molar-refractivity contribution >= 4 is 10.8 Å². The van der Waals surface area contributed by atoms with Gasteiger partial charge < -0.3 is 9.67 Å². The van der Waals surface area contributed by atoms with E-state index in [0.717, 1.165) is 23.6 Å². The van der Waals surface area contributed by atoms with Gasteiger partial charge in [0.05, 0.1) is 11.9 Å². The number of phenolic OH excluding ortho intramolecular Hbond substituents is 1. The third-order valence-electron chi connectivity index (χ3n) is 5.75. The maximum absolute atomic E-state index is 9.64. The Morgan fingerprint density at radius 2 is 1.52 bits per heavy atom. The molecule has 0 aliphatic carbocycles. The highest BCUT2D eigenvalue weighted by Crippen LogP contribution is 2.35. The summed E-state index contributed by atoms with van der Waals surface area (Å²) >= 11 is 0. The highest BCUT2D eigenvalue weighted by Gasteiger charge is 2.29. The Hall–Kier alpha value is -3.07. The van der Waals surface area contributed by atoms with Crippen molar-refractivity contribution in [1.82, 2.24) is 9.55 Å². The van der Waals surface area contributed by atoms with Crippen molar-refractivity contribution in [2.24, 2.45) is 0 Å². The predicted molar refractivity (Wildman–Crippen MR) is 111 cm³/mol. The van der Waals surface area contributed by atoms with Gasteiger partial charge in [0.25, 0.3) is 0 Å². The molecule has 4 aromatic rings. The van der Waals surface area contributed by atoms with Crippen LogP contribution in [0.15, 0.2) is 79.4 Å². The summed E-state index contributed by atoms with van der Waals surface area (Å²) in [5.74, 6) is 0.301. The number of aromatic hydroxyl groups is 1. The molecule has 0 amide bonds. The molecule has 0 atom stereocenters. The second-order valence-corrected chi connectivity index (χ2v) is 7.03. The van der Waals surface area contributed by atoms with E-state index in [0.29, 0.717) is 5.75 Å². The summed E-state index contributed by atoms with van der Waals surface area (Å²) in [7, 11) is 0. The molecule has 0 fully saturated rings. The van der Waals surface area contributed by atoms with Crippen molar-refractivity contribution in [1.29, 1.82) is 0 Å². The minimum absolute atomic E-state index is 0.0596. The zero-order valence-electron chi connectivity index (χ0n) is 15.8. The molecule has 0 bridgehead atoms. The lowest BCUT2D eigenvalue weighted by molar-refractivity contribution is 0.328. The minimum atomic E-state index is -0.0596. The van der Waals surface area contributed by atoms with Crippen LogP contribution in [0, 0.1) is 0 Å². The first-order chi connectivity index (χ1) is 13.2. The molecule has 3 nitrogen and oxygen atoms in total. The molecule has 136 valence electrons. The van der Waals surface area contributed by atoms with E-state index in [1.807, 2.05) is 18.6 Å². The molecule has 0 spiro atoms. The van der Waals surface area contributed by atoms with Gasteiger partial charge in [-0.2, -0.15) is 0 Å². The number of hydrogen-bond acceptors (Lipinski definition) is 2. The van der Waals surface area contributed by atoms with Gasteiger partial charge in [0.2, 0.25) is 0 Å². The first-order valence-electron chi connectivity index (χ1n) is 9.48. The number of benzene rings is 3. The van der Waals surface area contributed by atoms with Crippen molar-refractivity contribution < 1.29 is 5.11 Å². The number of fused-ring (bicyclic) bond motifs is 1. The quantitative estimate of drug-likeness (QED) is 0.478. The van der Waals surface area contributed by atoms with Crippen LogP contribution in [-0.4, -0.2) is 14.7 Å². The van der Waals surface area contributed by atoms with Gasteiger partial charge in [0.15, 0.2) is 0 Å². The van der Waals surface area contributed by atoms with E-state index in [2.05, 4.69) is 72.1 Å². The standard InChI is InChI=1S/C24H24N2O/c1-3-24(4-2,26-14-13-25-17-26)22-10-7-18(8-11-22)19-5-6-21-16-23(27)12-9-20(21)15-19/h5-17,27H,3-4H2,1-2H3. The topological polar surface area (TPSA) is 38.0 Å². The molecule has 0 aliphatic rings. The molecule has 1 N–H and O–H groups in total. The fourth-order valence-electron chi connectivity index (χ4n) is 4.07. The summed E-state index contributed by atoms with van der Waals surface area (Å²) in [4.78, 5) is 4.25. The first kappa shape index (κ1) is 17.3. The summed E-state index contributed by atoms with van der Waals surface area (Å²) in [5, 5.41) is 11.8. The lowest BCUT2D eigenvalue weighted by atomic mass is 9.83. The van der Waals surface area contributed by atoms with Gasteiger partial charge in [0, 0.05) is 12.4 Å². The van der Waals surface area contributed by atoms with E-state index in [1.165, 1.54) is 16.7 Å². The second kappa shape index (κ2) is 6.92. The fourth-order valence-corrected chi connectivity index (χ4v) is 4.07. The van der Waals surface area contributed by atoms with Crippen molar-refractivity contribution in [2.75, 3.05) is 0 Å². The number of rotatable bonds is 5. The average molecular weight is 356 g/mol. The minimum Gasteiger partial charge on any atom is -0.508 e. The highest BCUT2D eigenvalue weighted by atomic mass is 16.3. The van der Waals surface area contributed by atoms with E-state index in [1.54, 1.807) is 12.1 Å².